The number of nitro groups is 1. The predicted molar refractivity (Wildman–Crippen MR) is 37.1 cm³/mol. The lowest BCUT2D eigenvalue weighted by atomic mass is 10.3. The smallest absolute Gasteiger partial charge is 0.271 e. The summed E-state index contributed by atoms with van der Waals surface area (Å²) in [5, 5.41) is 13.5. The van der Waals surface area contributed by atoms with E-state index in [-0.39, 0.29) is 18.1 Å². The first kappa shape index (κ1) is 10.5. The van der Waals surface area contributed by atoms with Gasteiger partial charge in [-0.15, -0.1) is 0 Å². The summed E-state index contributed by atoms with van der Waals surface area (Å²) in [6.07, 6.45) is 0. The number of halogens is 1. The van der Waals surface area contributed by atoms with Gasteiger partial charge in [0.05, 0.1) is 4.92 Å². The van der Waals surface area contributed by atoms with Crippen LogP contribution in [-0.2, 0) is 0 Å². The van der Waals surface area contributed by atoms with Crippen LogP contribution in [0.25, 0.3) is 0 Å². The van der Waals surface area contributed by atoms with E-state index in [0.29, 0.717) is 5.69 Å². The summed E-state index contributed by atoms with van der Waals surface area (Å²) in [6.45, 7) is 0. The van der Waals surface area contributed by atoms with Crippen molar-refractivity contribution in [3.63, 3.8) is 0 Å². The van der Waals surface area contributed by atoms with Gasteiger partial charge in [-0.3, -0.25) is 10.1 Å². The Labute approximate surface area is 74.5 Å². The third-order valence-corrected chi connectivity index (χ3v) is 1.19. The van der Waals surface area contributed by atoms with Gasteiger partial charge in [-0.05, 0) is 11.2 Å². The summed E-state index contributed by atoms with van der Waals surface area (Å²) in [4.78, 5) is 9.70. The van der Waals surface area contributed by atoms with Crippen LogP contribution in [0.1, 0.15) is 0 Å². The molecule has 0 unspecified atom stereocenters. The Hall–Kier alpha value is -1.49. The maximum absolute atomic E-state index is 10.2. The molecule has 0 spiro atoms. The molecular weight excluding hydrogens is 182 g/mol. The Balaban J connectivity index is 0.00000121. The second kappa shape index (κ2) is 4.40. The quantitative estimate of drug-likeness (QED) is 0.314. The Morgan fingerprint density at radius 3 is 2.67 bits per heavy atom. The van der Waals surface area contributed by atoms with Crippen LogP contribution in [0.15, 0.2) is 29.4 Å². The standard InChI is InChI=1S/C6H5N3O2.ClH/c7-8-5-2-1-3-6(4-5)9(10)11;/h1-4,7H;1H. The minimum Gasteiger partial charge on any atom is -1.00 e. The number of nitro benzene ring substituents is 1. The third-order valence-electron chi connectivity index (χ3n) is 1.19. The number of hydrogen-bond acceptors (Lipinski definition) is 3. The van der Waals surface area contributed by atoms with Crippen LogP contribution in [-0.4, -0.2) is 4.92 Å². The lowest BCUT2D eigenvalue weighted by Crippen LogP contribution is -3.00. The van der Waals surface area contributed by atoms with E-state index in [2.05, 4.69) is 5.11 Å². The van der Waals surface area contributed by atoms with Gasteiger partial charge in [-0.2, -0.15) is 5.53 Å². The summed E-state index contributed by atoms with van der Waals surface area (Å²) >= 11 is 0. The minimum atomic E-state index is -0.491. The van der Waals surface area contributed by atoms with Gasteiger partial charge >= 0.3 is 0 Å². The molecule has 0 aromatic heterocycles. The Bertz CT molecular complexity index is 303. The van der Waals surface area contributed by atoms with E-state index in [4.69, 9.17) is 5.53 Å². The fourth-order valence-electron chi connectivity index (χ4n) is 0.687. The Morgan fingerprint density at radius 1 is 1.50 bits per heavy atom. The van der Waals surface area contributed by atoms with E-state index in [1.807, 2.05) is 0 Å². The van der Waals surface area contributed by atoms with Crippen molar-refractivity contribution in [3.8, 4) is 0 Å². The zero-order chi connectivity index (χ0) is 8.27. The van der Waals surface area contributed by atoms with Crippen molar-refractivity contribution in [2.24, 2.45) is 5.11 Å². The molecule has 6 heteroatoms. The zero-order valence-corrected chi connectivity index (χ0v) is 6.73. The summed E-state index contributed by atoms with van der Waals surface area (Å²) in [7, 11) is 0. The van der Waals surface area contributed by atoms with Crippen molar-refractivity contribution < 1.29 is 22.9 Å². The first-order valence-corrected chi connectivity index (χ1v) is 2.89. The van der Waals surface area contributed by atoms with Crippen molar-refractivity contribution >= 4 is 11.4 Å². The van der Waals surface area contributed by atoms with Crippen molar-refractivity contribution in [1.29, 1.82) is 0 Å². The molecule has 64 valence electrons. The van der Waals surface area contributed by atoms with Gasteiger partial charge in [0, 0.05) is 12.1 Å². The largest absolute Gasteiger partial charge is 1.00 e. The zero-order valence-electron chi connectivity index (χ0n) is 5.98. The van der Waals surface area contributed by atoms with E-state index in [1.165, 1.54) is 18.2 Å². The molecule has 1 rings (SSSR count). The fraction of sp³-hybridized carbons (Fsp3) is 0. The van der Waals surface area contributed by atoms with Gasteiger partial charge in [0.25, 0.3) is 5.69 Å². The van der Waals surface area contributed by atoms with Gasteiger partial charge < -0.3 is 12.4 Å². The van der Waals surface area contributed by atoms with Crippen LogP contribution in [0.4, 0.5) is 11.4 Å². The third kappa shape index (κ3) is 2.28. The van der Waals surface area contributed by atoms with Crippen LogP contribution in [0, 0.1) is 10.1 Å². The van der Waals surface area contributed by atoms with Gasteiger partial charge in [0.1, 0.15) is 5.69 Å². The first-order chi connectivity index (χ1) is 5.24. The number of nitrogens with zero attached hydrogens (tertiary/aromatic N) is 2. The van der Waals surface area contributed by atoms with Crippen LogP contribution < -0.4 is 17.9 Å². The number of benzene rings is 1. The van der Waals surface area contributed by atoms with E-state index in [0.717, 1.165) is 0 Å². The molecule has 0 amide bonds. The molecule has 1 aromatic carbocycles. The van der Waals surface area contributed by atoms with E-state index < -0.39 is 4.92 Å². The molecule has 0 fully saturated rings. The lowest BCUT2D eigenvalue weighted by Gasteiger charge is -1.88. The van der Waals surface area contributed by atoms with E-state index >= 15 is 0 Å². The molecule has 0 radical (unpaired) electrons. The van der Waals surface area contributed by atoms with E-state index in [1.54, 1.807) is 6.07 Å². The van der Waals surface area contributed by atoms with Crippen molar-refractivity contribution in [2.45, 2.75) is 0 Å². The van der Waals surface area contributed by atoms with Gasteiger partial charge in [0.15, 0.2) is 0 Å². The predicted octanol–water partition coefficient (Wildman–Crippen LogP) is -2.56. The van der Waals surface area contributed by atoms with Gasteiger partial charge in [-0.1, -0.05) is 6.07 Å². The second-order valence-corrected chi connectivity index (χ2v) is 1.91. The number of rotatable bonds is 2. The molecular formula is C6H6ClN3O2. The topological polar surface area (TPSA) is 81.1 Å². The molecule has 5 nitrogen and oxygen atoms in total. The lowest BCUT2D eigenvalue weighted by molar-refractivity contribution is -0.384. The Morgan fingerprint density at radius 2 is 2.17 bits per heavy atom. The van der Waals surface area contributed by atoms with Gasteiger partial charge in [-0.25, -0.2) is 0 Å². The number of hydrogen-bond donors (Lipinski definition) is 1. The second-order valence-electron chi connectivity index (χ2n) is 1.91. The van der Waals surface area contributed by atoms with Crippen LogP contribution in [0.2, 0.25) is 0 Å². The molecule has 0 aliphatic heterocycles. The molecule has 0 aliphatic carbocycles. The molecule has 0 heterocycles. The Kier molecular flexibility index (Phi) is 3.85. The first-order valence-electron chi connectivity index (χ1n) is 2.89. The maximum Gasteiger partial charge on any atom is 0.271 e. The van der Waals surface area contributed by atoms with Crippen LogP contribution in [0.5, 0.6) is 0 Å². The average Bonchev–Trinajstić information content (AvgIpc) is 2.05. The van der Waals surface area contributed by atoms with Gasteiger partial charge in [0.2, 0.25) is 0 Å². The number of nitrogens with two attached hydrogens (primary N) is 1. The molecule has 2 N–H and O–H groups in total. The molecule has 12 heavy (non-hydrogen) atoms. The summed E-state index contributed by atoms with van der Waals surface area (Å²) in [6, 6.07) is 5.81. The van der Waals surface area contributed by atoms with Crippen molar-refractivity contribution in [3.05, 3.63) is 34.4 Å². The minimum absolute atomic E-state index is 0. The van der Waals surface area contributed by atoms with E-state index in [9.17, 15) is 10.1 Å². The number of non-ortho nitro benzene ring substituents is 1. The highest BCUT2D eigenvalue weighted by Gasteiger charge is 2.04. The molecule has 0 aliphatic rings. The van der Waals surface area contributed by atoms with Crippen molar-refractivity contribution in [1.82, 2.24) is 0 Å². The molecule has 0 bridgehead atoms. The monoisotopic (exact) mass is 187 g/mol. The summed E-state index contributed by atoms with van der Waals surface area (Å²) < 4.78 is 0. The maximum atomic E-state index is 10.2. The SMILES string of the molecule is [Cl-].[NH2+]=Nc1cccc([N+](=O)[O-])c1. The normalized spacial score (nSPS) is 8.33. The molecule has 0 atom stereocenters. The van der Waals surface area contributed by atoms with Crippen LogP contribution in [0.3, 0.4) is 0 Å². The average molecular weight is 188 g/mol. The molecule has 0 saturated carbocycles. The highest BCUT2D eigenvalue weighted by Crippen LogP contribution is 2.17. The fourth-order valence-corrected chi connectivity index (χ4v) is 0.687. The highest BCUT2D eigenvalue weighted by atomic mass is 35.5. The molecule has 0 saturated heterocycles. The van der Waals surface area contributed by atoms with Crippen LogP contribution >= 0.6 is 0 Å². The highest BCUT2D eigenvalue weighted by molar-refractivity contribution is 5.45. The summed E-state index contributed by atoms with van der Waals surface area (Å²) in [5.41, 5.74) is 5.32. The molecule has 1 aromatic rings. The van der Waals surface area contributed by atoms with Crippen molar-refractivity contribution in [2.75, 3.05) is 0 Å². The summed E-state index contributed by atoms with van der Waals surface area (Å²) in [5.74, 6) is 0.